The summed E-state index contributed by atoms with van der Waals surface area (Å²) < 4.78 is 1.54. The number of piperazine rings is 1. The van der Waals surface area contributed by atoms with Gasteiger partial charge in [-0.1, -0.05) is 6.07 Å². The summed E-state index contributed by atoms with van der Waals surface area (Å²) in [5.74, 6) is 0.532. The number of nitrogens with zero attached hydrogens (tertiary/aromatic N) is 5. The monoisotopic (exact) mass is 261 g/mol. The van der Waals surface area contributed by atoms with Crippen molar-refractivity contribution in [3.05, 3.63) is 34.5 Å². The van der Waals surface area contributed by atoms with E-state index in [0.29, 0.717) is 11.5 Å². The normalized spacial score (nSPS) is 17.0. The lowest BCUT2D eigenvalue weighted by Crippen LogP contribution is -2.44. The first kappa shape index (κ1) is 11.9. The first-order chi connectivity index (χ1) is 9.16. The standard InChI is InChI=1S/C12H15N5O2/c1-14-6-8-15(9-7-14)11-12(17(18)19)16-5-3-2-4-10(16)13-11/h2-5H,6-9H2,1H3. The third kappa shape index (κ3) is 2.01. The van der Waals surface area contributed by atoms with Crippen LogP contribution in [0.1, 0.15) is 0 Å². The van der Waals surface area contributed by atoms with Gasteiger partial charge in [0.25, 0.3) is 0 Å². The Morgan fingerprint density at radius 1 is 1.26 bits per heavy atom. The van der Waals surface area contributed by atoms with Crippen molar-refractivity contribution in [1.82, 2.24) is 14.3 Å². The zero-order chi connectivity index (χ0) is 13.4. The molecule has 0 radical (unpaired) electrons. The van der Waals surface area contributed by atoms with Gasteiger partial charge in [-0.2, -0.15) is 9.38 Å². The zero-order valence-electron chi connectivity index (χ0n) is 10.7. The van der Waals surface area contributed by atoms with E-state index >= 15 is 0 Å². The fraction of sp³-hybridized carbons (Fsp3) is 0.417. The molecule has 3 heterocycles. The summed E-state index contributed by atoms with van der Waals surface area (Å²) in [6.07, 6.45) is 1.68. The van der Waals surface area contributed by atoms with E-state index in [1.165, 1.54) is 4.40 Å². The van der Waals surface area contributed by atoms with Crippen LogP contribution in [0.4, 0.5) is 11.6 Å². The van der Waals surface area contributed by atoms with Gasteiger partial charge < -0.3 is 19.9 Å². The molecule has 0 atom stereocenters. The van der Waals surface area contributed by atoms with Gasteiger partial charge in [0.1, 0.15) is 0 Å². The molecule has 0 N–H and O–H groups in total. The van der Waals surface area contributed by atoms with Crippen molar-refractivity contribution in [1.29, 1.82) is 0 Å². The van der Waals surface area contributed by atoms with Crippen molar-refractivity contribution in [3.63, 3.8) is 0 Å². The molecule has 0 amide bonds. The molecule has 1 aliphatic rings. The maximum absolute atomic E-state index is 11.3. The highest BCUT2D eigenvalue weighted by Gasteiger charge is 2.28. The number of hydrogen-bond donors (Lipinski definition) is 0. The molecular formula is C12H15N5O2. The predicted molar refractivity (Wildman–Crippen MR) is 71.6 cm³/mol. The Labute approximate surface area is 110 Å². The minimum absolute atomic E-state index is 0.0557. The number of fused-ring (bicyclic) bond motifs is 1. The highest BCUT2D eigenvalue weighted by molar-refractivity contribution is 5.63. The van der Waals surface area contributed by atoms with Crippen molar-refractivity contribution in [2.45, 2.75) is 0 Å². The quantitative estimate of drug-likeness (QED) is 0.596. The molecule has 0 aromatic carbocycles. The lowest BCUT2D eigenvalue weighted by molar-refractivity contribution is -0.389. The molecule has 1 fully saturated rings. The van der Waals surface area contributed by atoms with Crippen molar-refractivity contribution < 1.29 is 4.92 Å². The summed E-state index contributed by atoms with van der Waals surface area (Å²) in [5.41, 5.74) is 0.614. The SMILES string of the molecule is CN1CCN(c2nc3ccccn3c2[N+](=O)[O-])CC1. The smallest absolute Gasteiger partial charge is 0.358 e. The summed E-state index contributed by atoms with van der Waals surface area (Å²) in [7, 11) is 2.05. The van der Waals surface area contributed by atoms with Crippen molar-refractivity contribution in [2.24, 2.45) is 0 Å². The summed E-state index contributed by atoms with van der Waals surface area (Å²) in [6, 6.07) is 5.39. The molecule has 19 heavy (non-hydrogen) atoms. The number of hydrogen-bond acceptors (Lipinski definition) is 5. The van der Waals surface area contributed by atoms with Crippen LogP contribution in [0.5, 0.6) is 0 Å². The second kappa shape index (κ2) is 4.51. The Kier molecular flexibility index (Phi) is 2.83. The van der Waals surface area contributed by atoms with Crippen LogP contribution in [0.3, 0.4) is 0 Å². The number of pyridine rings is 1. The summed E-state index contributed by atoms with van der Waals surface area (Å²) in [4.78, 5) is 19.6. The molecule has 0 unspecified atom stereocenters. The fourth-order valence-electron chi connectivity index (χ4n) is 2.37. The van der Waals surface area contributed by atoms with Gasteiger partial charge in [0.05, 0.1) is 6.20 Å². The number of likely N-dealkylation sites (N-methyl/N-ethyl adjacent to an activating group) is 1. The molecule has 1 aliphatic heterocycles. The van der Waals surface area contributed by atoms with E-state index in [1.54, 1.807) is 18.3 Å². The van der Waals surface area contributed by atoms with Crippen LogP contribution >= 0.6 is 0 Å². The second-order valence-electron chi connectivity index (χ2n) is 4.74. The fourth-order valence-corrected chi connectivity index (χ4v) is 2.37. The van der Waals surface area contributed by atoms with Gasteiger partial charge in [-0.25, -0.2) is 0 Å². The summed E-state index contributed by atoms with van der Waals surface area (Å²) in [6.45, 7) is 3.32. The van der Waals surface area contributed by atoms with Crippen LogP contribution in [0, 0.1) is 10.1 Å². The molecule has 0 spiro atoms. The van der Waals surface area contributed by atoms with Crippen molar-refractivity contribution in [3.8, 4) is 0 Å². The van der Waals surface area contributed by atoms with Crippen LogP contribution in [0.25, 0.3) is 5.65 Å². The molecular weight excluding hydrogens is 246 g/mol. The van der Waals surface area contributed by atoms with Gasteiger partial charge in [-0.05, 0) is 18.0 Å². The molecule has 0 saturated carbocycles. The number of nitro groups is 1. The molecule has 0 bridgehead atoms. The Morgan fingerprint density at radius 3 is 2.68 bits per heavy atom. The van der Waals surface area contributed by atoms with E-state index in [1.807, 2.05) is 11.0 Å². The zero-order valence-corrected chi connectivity index (χ0v) is 10.7. The Bertz CT molecular complexity index is 616. The Morgan fingerprint density at radius 2 is 2.00 bits per heavy atom. The van der Waals surface area contributed by atoms with Gasteiger partial charge >= 0.3 is 5.82 Å². The first-order valence-electron chi connectivity index (χ1n) is 6.22. The highest BCUT2D eigenvalue weighted by atomic mass is 16.6. The van der Waals surface area contributed by atoms with E-state index in [-0.39, 0.29) is 10.7 Å². The number of anilines is 1. The minimum Gasteiger partial charge on any atom is -0.358 e. The van der Waals surface area contributed by atoms with Crippen molar-refractivity contribution in [2.75, 3.05) is 38.1 Å². The maximum Gasteiger partial charge on any atom is 0.372 e. The van der Waals surface area contributed by atoms with Gasteiger partial charge in [-0.15, -0.1) is 0 Å². The van der Waals surface area contributed by atoms with Crippen LogP contribution in [0.15, 0.2) is 24.4 Å². The average molecular weight is 261 g/mol. The van der Waals surface area contributed by atoms with Crippen LogP contribution < -0.4 is 4.90 Å². The highest BCUT2D eigenvalue weighted by Crippen LogP contribution is 2.29. The number of imidazole rings is 1. The maximum atomic E-state index is 11.3. The molecule has 7 heteroatoms. The van der Waals surface area contributed by atoms with E-state index < -0.39 is 0 Å². The predicted octanol–water partition coefficient (Wildman–Crippen LogP) is 0.994. The van der Waals surface area contributed by atoms with Gasteiger partial charge in [0.2, 0.25) is 11.5 Å². The van der Waals surface area contributed by atoms with Crippen molar-refractivity contribution >= 4 is 17.3 Å². The third-order valence-corrected chi connectivity index (χ3v) is 3.46. The van der Waals surface area contributed by atoms with Gasteiger partial charge in [0.15, 0.2) is 0 Å². The van der Waals surface area contributed by atoms with E-state index in [4.69, 9.17) is 0 Å². The number of aromatic nitrogens is 2. The summed E-state index contributed by atoms with van der Waals surface area (Å²) in [5, 5.41) is 11.3. The Hall–Kier alpha value is -2.15. The minimum atomic E-state index is -0.354. The second-order valence-corrected chi connectivity index (χ2v) is 4.74. The van der Waals surface area contributed by atoms with E-state index in [0.717, 1.165) is 26.2 Å². The van der Waals surface area contributed by atoms with E-state index in [9.17, 15) is 10.1 Å². The largest absolute Gasteiger partial charge is 0.372 e. The van der Waals surface area contributed by atoms with Crippen LogP contribution in [-0.2, 0) is 0 Å². The molecule has 7 nitrogen and oxygen atoms in total. The number of rotatable bonds is 2. The average Bonchev–Trinajstić information content (AvgIpc) is 2.78. The summed E-state index contributed by atoms with van der Waals surface area (Å²) >= 11 is 0. The van der Waals surface area contributed by atoms with Crippen LogP contribution in [-0.4, -0.2) is 52.4 Å². The Balaban J connectivity index is 2.07. The molecule has 100 valence electrons. The molecule has 0 aliphatic carbocycles. The third-order valence-electron chi connectivity index (χ3n) is 3.46. The molecule has 2 aromatic heterocycles. The molecule has 1 saturated heterocycles. The first-order valence-corrected chi connectivity index (χ1v) is 6.22. The topological polar surface area (TPSA) is 66.9 Å². The lowest BCUT2D eigenvalue weighted by atomic mass is 10.3. The molecule has 3 rings (SSSR count). The van der Waals surface area contributed by atoms with Gasteiger partial charge in [-0.3, -0.25) is 0 Å². The lowest BCUT2D eigenvalue weighted by Gasteiger charge is -2.31. The molecule has 2 aromatic rings. The van der Waals surface area contributed by atoms with Gasteiger partial charge in [0, 0.05) is 32.2 Å². The van der Waals surface area contributed by atoms with Crippen LogP contribution in [0.2, 0.25) is 0 Å². The van der Waals surface area contributed by atoms with E-state index in [2.05, 4.69) is 16.9 Å².